The summed E-state index contributed by atoms with van der Waals surface area (Å²) in [5, 5.41) is 20.8. The SMILES string of the molecule is COc1cccc(-c2cc(C(=O)N3N=C(C)C[C@@]3(O)C(F)F)[nH]n2)c1. The molecule has 0 radical (unpaired) electrons. The first kappa shape index (κ1) is 17.0. The van der Waals surface area contributed by atoms with Gasteiger partial charge < -0.3 is 9.84 Å². The Morgan fingerprint density at radius 2 is 2.20 bits per heavy atom. The van der Waals surface area contributed by atoms with E-state index in [9.17, 15) is 18.7 Å². The first-order valence-corrected chi connectivity index (χ1v) is 7.44. The van der Waals surface area contributed by atoms with E-state index >= 15 is 0 Å². The third kappa shape index (κ3) is 2.98. The van der Waals surface area contributed by atoms with E-state index in [0.717, 1.165) is 0 Å². The molecule has 2 aromatic rings. The van der Waals surface area contributed by atoms with Crippen molar-refractivity contribution in [3.05, 3.63) is 36.0 Å². The number of alkyl halides is 2. The van der Waals surface area contributed by atoms with Crippen LogP contribution in [-0.4, -0.2) is 51.2 Å². The molecule has 1 aliphatic rings. The lowest BCUT2D eigenvalue weighted by atomic mass is 10.1. The second kappa shape index (κ2) is 6.25. The lowest BCUT2D eigenvalue weighted by molar-refractivity contribution is -0.164. The molecule has 1 amide bonds. The summed E-state index contributed by atoms with van der Waals surface area (Å²) in [6.07, 6.45) is -3.56. The Hall–Kier alpha value is -2.81. The number of ether oxygens (including phenoxy) is 1. The van der Waals surface area contributed by atoms with Crippen LogP contribution in [0.3, 0.4) is 0 Å². The summed E-state index contributed by atoms with van der Waals surface area (Å²) in [5.74, 6) is -0.276. The van der Waals surface area contributed by atoms with Gasteiger partial charge in [-0.3, -0.25) is 9.89 Å². The second-order valence-electron chi connectivity index (χ2n) is 5.71. The third-order valence-electron chi connectivity index (χ3n) is 3.87. The largest absolute Gasteiger partial charge is 0.497 e. The number of nitrogens with one attached hydrogen (secondary N) is 1. The molecule has 2 N–H and O–H groups in total. The Balaban J connectivity index is 1.90. The van der Waals surface area contributed by atoms with Gasteiger partial charge in [0.25, 0.3) is 12.3 Å². The maximum absolute atomic E-state index is 13.2. The average molecular weight is 350 g/mol. The van der Waals surface area contributed by atoms with Crippen molar-refractivity contribution < 1.29 is 23.4 Å². The first-order chi connectivity index (χ1) is 11.8. The van der Waals surface area contributed by atoms with Crippen molar-refractivity contribution in [2.45, 2.75) is 25.5 Å². The van der Waals surface area contributed by atoms with Crippen molar-refractivity contribution in [3.8, 4) is 17.0 Å². The van der Waals surface area contributed by atoms with Gasteiger partial charge in [-0.05, 0) is 25.1 Å². The molecular weight excluding hydrogens is 334 g/mol. The van der Waals surface area contributed by atoms with Gasteiger partial charge in [0.15, 0.2) is 0 Å². The molecule has 9 heteroatoms. The number of amides is 1. The number of halogens is 2. The van der Waals surface area contributed by atoms with Gasteiger partial charge in [0.05, 0.1) is 12.8 Å². The molecule has 2 heterocycles. The van der Waals surface area contributed by atoms with Crippen LogP contribution in [0.15, 0.2) is 35.4 Å². The molecule has 0 bridgehead atoms. The monoisotopic (exact) mass is 350 g/mol. The number of H-pyrrole nitrogens is 1. The molecule has 132 valence electrons. The van der Waals surface area contributed by atoms with Crippen LogP contribution < -0.4 is 4.74 Å². The number of nitrogens with zero attached hydrogens (tertiary/aromatic N) is 3. The minimum atomic E-state index is -3.15. The predicted molar refractivity (Wildman–Crippen MR) is 85.4 cm³/mol. The highest BCUT2D eigenvalue weighted by atomic mass is 19.3. The van der Waals surface area contributed by atoms with Gasteiger partial charge in [0, 0.05) is 17.7 Å². The standard InChI is InChI=1S/C16H16F2N4O3/c1-9-8-16(24,15(17)18)22(21-9)14(23)13-7-12(19-20-13)10-4-3-5-11(6-10)25-2/h3-7,15,24H,8H2,1-2H3,(H,19,20)/t16-/m1/s1. The van der Waals surface area contributed by atoms with Crippen LogP contribution in [0.2, 0.25) is 0 Å². The van der Waals surface area contributed by atoms with Gasteiger partial charge in [-0.15, -0.1) is 0 Å². The summed E-state index contributed by atoms with van der Waals surface area (Å²) in [4.78, 5) is 12.5. The number of hydrogen-bond acceptors (Lipinski definition) is 5. The van der Waals surface area contributed by atoms with E-state index in [1.165, 1.54) is 20.1 Å². The summed E-state index contributed by atoms with van der Waals surface area (Å²) in [6, 6.07) is 8.41. The maximum Gasteiger partial charge on any atom is 0.294 e. The van der Waals surface area contributed by atoms with Crippen molar-refractivity contribution in [2.75, 3.05) is 7.11 Å². The molecule has 1 aromatic carbocycles. The summed E-state index contributed by atoms with van der Waals surface area (Å²) in [6.45, 7) is 1.47. The summed E-state index contributed by atoms with van der Waals surface area (Å²) < 4.78 is 31.6. The third-order valence-corrected chi connectivity index (χ3v) is 3.87. The highest BCUT2D eigenvalue weighted by Gasteiger charge is 2.51. The minimum Gasteiger partial charge on any atom is -0.497 e. The second-order valence-corrected chi connectivity index (χ2v) is 5.71. The van der Waals surface area contributed by atoms with E-state index < -0.39 is 24.5 Å². The van der Waals surface area contributed by atoms with Crippen LogP contribution in [0.4, 0.5) is 8.78 Å². The van der Waals surface area contributed by atoms with Crippen LogP contribution in [0.1, 0.15) is 23.8 Å². The highest BCUT2D eigenvalue weighted by molar-refractivity contribution is 5.97. The summed E-state index contributed by atoms with van der Waals surface area (Å²) in [7, 11) is 1.53. The predicted octanol–water partition coefficient (Wildman–Crippen LogP) is 2.26. The van der Waals surface area contributed by atoms with Gasteiger partial charge in [0.2, 0.25) is 5.72 Å². The number of carbonyl (C=O) groups excluding carboxylic acids is 1. The quantitative estimate of drug-likeness (QED) is 0.885. The van der Waals surface area contributed by atoms with Gasteiger partial charge in [-0.1, -0.05) is 12.1 Å². The molecule has 25 heavy (non-hydrogen) atoms. The molecule has 0 saturated carbocycles. The Morgan fingerprint density at radius 1 is 1.44 bits per heavy atom. The zero-order valence-electron chi connectivity index (χ0n) is 13.5. The fourth-order valence-corrected chi connectivity index (χ4v) is 2.61. The molecule has 1 aliphatic heterocycles. The molecule has 0 fully saturated rings. The van der Waals surface area contributed by atoms with Crippen LogP contribution in [0.25, 0.3) is 11.3 Å². The number of hydrogen-bond donors (Lipinski definition) is 2. The van der Waals surface area contributed by atoms with Gasteiger partial charge in [-0.2, -0.15) is 15.2 Å². The Morgan fingerprint density at radius 3 is 2.88 bits per heavy atom. The van der Waals surface area contributed by atoms with Crippen LogP contribution in [0.5, 0.6) is 5.75 Å². The van der Waals surface area contributed by atoms with E-state index in [4.69, 9.17) is 4.74 Å². The molecule has 7 nitrogen and oxygen atoms in total. The number of carbonyl (C=O) groups is 1. The molecule has 0 unspecified atom stereocenters. The van der Waals surface area contributed by atoms with Crippen molar-refractivity contribution in [1.29, 1.82) is 0 Å². The highest BCUT2D eigenvalue weighted by Crippen LogP contribution is 2.33. The Kier molecular flexibility index (Phi) is 4.25. The molecular formula is C16H16F2N4O3. The van der Waals surface area contributed by atoms with Gasteiger partial charge >= 0.3 is 0 Å². The van der Waals surface area contributed by atoms with Crippen LogP contribution in [0, 0.1) is 0 Å². The lowest BCUT2D eigenvalue weighted by Gasteiger charge is -2.29. The number of aromatic nitrogens is 2. The van der Waals surface area contributed by atoms with Gasteiger partial charge in [-0.25, -0.2) is 8.78 Å². The van der Waals surface area contributed by atoms with E-state index in [1.807, 2.05) is 0 Å². The topological polar surface area (TPSA) is 90.8 Å². The minimum absolute atomic E-state index is 0.0599. The van der Waals surface area contributed by atoms with E-state index in [0.29, 0.717) is 22.0 Å². The number of aromatic amines is 1. The summed E-state index contributed by atoms with van der Waals surface area (Å²) in [5.41, 5.74) is -1.36. The van der Waals surface area contributed by atoms with Crippen LogP contribution in [-0.2, 0) is 0 Å². The molecule has 0 saturated heterocycles. The fourth-order valence-electron chi connectivity index (χ4n) is 2.61. The van der Waals surface area contributed by atoms with Crippen molar-refractivity contribution in [2.24, 2.45) is 5.10 Å². The van der Waals surface area contributed by atoms with E-state index in [-0.39, 0.29) is 11.4 Å². The number of methoxy groups -OCH3 is 1. The lowest BCUT2D eigenvalue weighted by Crippen LogP contribution is -2.51. The van der Waals surface area contributed by atoms with E-state index in [1.54, 1.807) is 24.3 Å². The Labute approximate surface area is 141 Å². The van der Waals surface area contributed by atoms with Crippen LogP contribution >= 0.6 is 0 Å². The first-order valence-electron chi connectivity index (χ1n) is 7.44. The fraction of sp³-hybridized carbons (Fsp3) is 0.312. The average Bonchev–Trinajstić information content (AvgIpc) is 3.20. The Bertz CT molecular complexity index is 836. The van der Waals surface area contributed by atoms with E-state index in [2.05, 4.69) is 15.3 Å². The molecule has 0 aliphatic carbocycles. The molecule has 1 atom stereocenters. The van der Waals surface area contributed by atoms with Crippen molar-refractivity contribution in [3.63, 3.8) is 0 Å². The molecule has 0 spiro atoms. The number of aliphatic hydroxyl groups is 1. The number of benzene rings is 1. The smallest absolute Gasteiger partial charge is 0.294 e. The van der Waals surface area contributed by atoms with Crippen molar-refractivity contribution >= 4 is 11.6 Å². The zero-order valence-corrected chi connectivity index (χ0v) is 13.5. The zero-order chi connectivity index (χ0) is 18.2. The van der Waals surface area contributed by atoms with Gasteiger partial charge in [0.1, 0.15) is 11.4 Å². The molecule has 1 aromatic heterocycles. The number of rotatable bonds is 4. The maximum atomic E-state index is 13.2. The number of hydrazone groups is 1. The normalized spacial score (nSPS) is 20.1. The molecule has 3 rings (SSSR count). The summed E-state index contributed by atoms with van der Waals surface area (Å²) >= 11 is 0. The van der Waals surface area contributed by atoms with Crippen molar-refractivity contribution in [1.82, 2.24) is 15.2 Å².